The first-order valence-electron chi connectivity index (χ1n) is 1.84. The van der Waals surface area contributed by atoms with Gasteiger partial charge in [0.15, 0.2) is 0 Å². The van der Waals surface area contributed by atoms with Gasteiger partial charge in [0.05, 0.1) is 0 Å². The lowest BCUT2D eigenvalue weighted by atomic mass is 10.0. The van der Waals surface area contributed by atoms with Gasteiger partial charge in [0.25, 0.3) is 0 Å². The molecular weight excluding hydrogens is 106 g/mol. The van der Waals surface area contributed by atoms with E-state index in [1.807, 2.05) is 0 Å². The molecule has 7 heavy (non-hydrogen) atoms. The van der Waals surface area contributed by atoms with Crippen molar-refractivity contribution in [3.05, 3.63) is 12.4 Å². The highest BCUT2D eigenvalue weighted by Crippen LogP contribution is 1.83. The number of aromatic nitrogens is 2. The first-order valence-corrected chi connectivity index (χ1v) is 2.36. The van der Waals surface area contributed by atoms with Crippen LogP contribution in [-0.2, 0) is 0 Å². The van der Waals surface area contributed by atoms with E-state index in [-0.39, 0.29) is 0 Å². The molecule has 0 aliphatic rings. The van der Waals surface area contributed by atoms with E-state index >= 15 is 0 Å². The average molecular weight is 110 g/mol. The van der Waals surface area contributed by atoms with E-state index in [0.717, 1.165) is 0 Å². The van der Waals surface area contributed by atoms with Crippen LogP contribution < -0.4 is 5.46 Å². The Morgan fingerprint density at radius 3 is 2.71 bits per heavy atom. The second-order valence-corrected chi connectivity index (χ2v) is 1.78. The maximum absolute atomic E-state index is 5.28. The molecule has 0 saturated carbocycles. The van der Waals surface area contributed by atoms with Crippen molar-refractivity contribution in [2.45, 2.75) is 0 Å². The van der Waals surface area contributed by atoms with Crippen molar-refractivity contribution in [3.8, 4) is 0 Å². The fraction of sp³-hybridized carbons (Fsp3) is 0. The fourth-order valence-electron chi connectivity index (χ4n) is 0.353. The molecule has 1 heterocycles. The summed E-state index contributed by atoms with van der Waals surface area (Å²) in [5, 5.41) is 3.77. The number of hydrogen-bond donors (Lipinski definition) is 0. The molecule has 1 atom stereocenters. The van der Waals surface area contributed by atoms with E-state index in [4.69, 9.17) is 7.85 Å². The van der Waals surface area contributed by atoms with E-state index < -0.39 is 0 Å². The summed E-state index contributed by atoms with van der Waals surface area (Å²) < 4.78 is 1.58. The van der Waals surface area contributed by atoms with Crippen molar-refractivity contribution >= 4 is 22.7 Å². The summed E-state index contributed by atoms with van der Waals surface area (Å²) in [6.45, 7) is 0. The Bertz CT molecular complexity index is 145. The zero-order chi connectivity index (χ0) is 5.28. The van der Waals surface area contributed by atoms with Crippen LogP contribution in [0.4, 0.5) is 0 Å². The van der Waals surface area contributed by atoms with Crippen LogP contribution in [-0.4, -0.2) is 17.4 Å². The van der Waals surface area contributed by atoms with Gasteiger partial charge >= 0.3 is 0 Å². The third-order valence-corrected chi connectivity index (χ3v) is 0.904. The van der Waals surface area contributed by atoms with Crippen molar-refractivity contribution in [2.75, 3.05) is 0 Å². The Morgan fingerprint density at radius 2 is 2.57 bits per heavy atom. The molecule has 0 amide bonds. The molecule has 0 spiro atoms. The maximum atomic E-state index is 5.28. The lowest BCUT2D eigenvalue weighted by molar-refractivity contribution is 1.01. The minimum atomic E-state index is 0.690. The molecule has 0 fully saturated rings. The van der Waals surface area contributed by atoms with Gasteiger partial charge in [0, 0.05) is 12.4 Å². The molecule has 0 saturated heterocycles. The van der Waals surface area contributed by atoms with Crippen LogP contribution in [0.25, 0.3) is 0 Å². The molecule has 0 aliphatic carbocycles. The molecule has 0 aliphatic heterocycles. The molecule has 0 aromatic carbocycles. The molecular formula is C3H4BN2P. The highest BCUT2D eigenvalue weighted by molar-refractivity contribution is 7.14. The summed E-state index contributed by atoms with van der Waals surface area (Å²) in [5.41, 5.74) is 0.690. The van der Waals surface area contributed by atoms with E-state index in [2.05, 4.69) is 14.5 Å². The van der Waals surface area contributed by atoms with Gasteiger partial charge in [-0.2, -0.15) is 5.10 Å². The Hall–Kier alpha value is -0.295. The summed E-state index contributed by atoms with van der Waals surface area (Å²) in [6.07, 6.45) is 3.30. The Morgan fingerprint density at radius 1 is 1.86 bits per heavy atom. The molecule has 4 heteroatoms. The average Bonchev–Trinajstić information content (AvgIpc) is 1.87. The maximum Gasteiger partial charge on any atom is 0.118 e. The van der Waals surface area contributed by atoms with Gasteiger partial charge in [0.1, 0.15) is 7.85 Å². The van der Waals surface area contributed by atoms with E-state index in [0.29, 0.717) is 5.46 Å². The molecule has 0 bridgehead atoms. The lowest BCUT2D eigenvalue weighted by Gasteiger charge is -1.78. The largest absolute Gasteiger partial charge is 0.259 e. The van der Waals surface area contributed by atoms with Gasteiger partial charge in [-0.25, -0.2) is 0 Å². The summed E-state index contributed by atoms with van der Waals surface area (Å²) in [6, 6.07) is 0. The monoisotopic (exact) mass is 110 g/mol. The topological polar surface area (TPSA) is 17.8 Å². The lowest BCUT2D eigenvalue weighted by Crippen LogP contribution is -1.93. The van der Waals surface area contributed by atoms with Crippen LogP contribution >= 0.6 is 9.39 Å². The molecule has 1 aromatic rings. The zero-order valence-electron chi connectivity index (χ0n) is 3.70. The van der Waals surface area contributed by atoms with E-state index in [1.165, 1.54) is 0 Å². The van der Waals surface area contributed by atoms with Crippen LogP contribution in [0.2, 0.25) is 0 Å². The molecule has 1 unspecified atom stereocenters. The normalized spacial score (nSPS) is 9.29. The minimum absolute atomic E-state index is 0.690. The predicted octanol–water partition coefficient (Wildman–Crippen LogP) is -0.685. The van der Waals surface area contributed by atoms with E-state index in [9.17, 15) is 0 Å². The predicted molar refractivity (Wildman–Crippen MR) is 32.7 cm³/mol. The third kappa shape index (κ3) is 1.03. The highest BCUT2D eigenvalue weighted by Gasteiger charge is 1.81. The Balaban J connectivity index is 3.04. The van der Waals surface area contributed by atoms with Crippen molar-refractivity contribution in [3.63, 3.8) is 0 Å². The smallest absolute Gasteiger partial charge is 0.118 e. The SMILES string of the molecule is [B]c1cnn(P)c1. The van der Waals surface area contributed by atoms with Gasteiger partial charge in [-0.05, 0) is 9.39 Å². The molecule has 2 nitrogen and oxygen atoms in total. The first-order chi connectivity index (χ1) is 3.29. The second-order valence-electron chi connectivity index (χ2n) is 1.25. The van der Waals surface area contributed by atoms with Gasteiger partial charge in [-0.3, -0.25) is 4.45 Å². The van der Waals surface area contributed by atoms with Gasteiger partial charge in [0.2, 0.25) is 0 Å². The standard InChI is InChI=1S/C3H4BN2P/c4-3-1-5-6(7)2-3/h1-2H,7H2. The van der Waals surface area contributed by atoms with Crippen molar-refractivity contribution in [1.82, 2.24) is 9.55 Å². The molecule has 1 aromatic heterocycles. The summed E-state index contributed by atoms with van der Waals surface area (Å²) in [7, 11) is 7.66. The number of rotatable bonds is 0. The minimum Gasteiger partial charge on any atom is -0.259 e. The quantitative estimate of drug-likeness (QED) is 0.319. The zero-order valence-corrected chi connectivity index (χ0v) is 4.86. The highest BCUT2D eigenvalue weighted by atomic mass is 31.0. The van der Waals surface area contributed by atoms with Gasteiger partial charge < -0.3 is 0 Å². The van der Waals surface area contributed by atoms with Crippen molar-refractivity contribution in [2.24, 2.45) is 0 Å². The number of nitrogens with zero attached hydrogens (tertiary/aromatic N) is 2. The summed E-state index contributed by atoms with van der Waals surface area (Å²) in [5.74, 6) is 0. The second kappa shape index (κ2) is 1.67. The molecule has 1 rings (SSSR count). The van der Waals surface area contributed by atoms with Crippen LogP contribution in [0, 0.1) is 0 Å². The van der Waals surface area contributed by atoms with Crippen LogP contribution in [0.3, 0.4) is 0 Å². The molecule has 2 radical (unpaired) electrons. The first kappa shape index (κ1) is 4.85. The molecule has 0 N–H and O–H groups in total. The van der Waals surface area contributed by atoms with Gasteiger partial charge in [-0.1, -0.05) is 5.46 Å². The van der Waals surface area contributed by atoms with E-state index in [1.54, 1.807) is 16.8 Å². The van der Waals surface area contributed by atoms with Crippen LogP contribution in [0.5, 0.6) is 0 Å². The number of hydrogen-bond acceptors (Lipinski definition) is 1. The summed E-state index contributed by atoms with van der Waals surface area (Å²) in [4.78, 5) is 0. The van der Waals surface area contributed by atoms with Gasteiger partial charge in [-0.15, -0.1) is 0 Å². The Labute approximate surface area is 45.6 Å². The summed E-state index contributed by atoms with van der Waals surface area (Å²) >= 11 is 0. The van der Waals surface area contributed by atoms with Crippen LogP contribution in [0.1, 0.15) is 0 Å². The molecule has 34 valence electrons. The van der Waals surface area contributed by atoms with Crippen LogP contribution in [0.15, 0.2) is 12.4 Å². The fourth-order valence-corrected chi connectivity index (χ4v) is 0.592. The Kier molecular flexibility index (Phi) is 1.16. The van der Waals surface area contributed by atoms with Crippen molar-refractivity contribution < 1.29 is 0 Å². The third-order valence-electron chi connectivity index (χ3n) is 0.621. The van der Waals surface area contributed by atoms with Crippen molar-refractivity contribution in [1.29, 1.82) is 0 Å².